The Morgan fingerprint density at radius 3 is 2.21 bits per heavy atom. The Labute approximate surface area is 111 Å². The molecule has 1 atom stereocenters. The van der Waals surface area contributed by atoms with Crippen LogP contribution in [-0.2, 0) is 0 Å². The first-order valence-corrected chi connectivity index (χ1v) is 6.13. The molecule has 0 saturated heterocycles. The van der Waals surface area contributed by atoms with Gasteiger partial charge >= 0.3 is 6.18 Å². The van der Waals surface area contributed by atoms with Crippen molar-refractivity contribution in [2.45, 2.75) is 31.5 Å². The Hall–Kier alpha value is -1.27. The number of nitrogens with two attached hydrogens (primary N) is 1. The first-order valence-electron chi connectivity index (χ1n) is 6.13. The van der Waals surface area contributed by atoms with Gasteiger partial charge in [-0.05, 0) is 30.5 Å². The number of nitrogens with one attached hydrogen (secondary N) is 1. The maximum atomic E-state index is 12.1. The molecule has 0 fully saturated rings. The Balaban J connectivity index is 2.59. The second-order valence-electron chi connectivity index (χ2n) is 4.71. The summed E-state index contributed by atoms with van der Waals surface area (Å²) in [5, 5.41) is 0. The number of rotatable bonds is 6. The fraction of sp³-hybridized carbons (Fsp3) is 0.538. The van der Waals surface area contributed by atoms with E-state index in [1.807, 2.05) is 43.3 Å². The molecule has 3 N–H and O–H groups in total. The third kappa shape index (κ3) is 5.48. The van der Waals surface area contributed by atoms with Crippen molar-refractivity contribution in [1.82, 2.24) is 5.43 Å². The van der Waals surface area contributed by atoms with Gasteiger partial charge in [0.1, 0.15) is 0 Å². The largest absolute Gasteiger partial charge is 0.389 e. The SMILES string of the molecule is CN(C)c1ccc(C(CCCC(F)(F)F)NN)cc1. The van der Waals surface area contributed by atoms with Gasteiger partial charge in [0.15, 0.2) is 0 Å². The van der Waals surface area contributed by atoms with Crippen LogP contribution >= 0.6 is 0 Å². The summed E-state index contributed by atoms with van der Waals surface area (Å²) in [7, 11) is 3.86. The lowest BCUT2D eigenvalue weighted by Crippen LogP contribution is -2.28. The van der Waals surface area contributed by atoms with E-state index in [0.717, 1.165) is 11.3 Å². The highest BCUT2D eigenvalue weighted by atomic mass is 19.4. The number of hydrogen-bond acceptors (Lipinski definition) is 3. The molecule has 1 unspecified atom stereocenters. The van der Waals surface area contributed by atoms with Crippen LogP contribution in [0.15, 0.2) is 24.3 Å². The molecule has 3 nitrogen and oxygen atoms in total. The van der Waals surface area contributed by atoms with Gasteiger partial charge in [0.05, 0.1) is 0 Å². The quantitative estimate of drug-likeness (QED) is 0.619. The van der Waals surface area contributed by atoms with Gasteiger partial charge < -0.3 is 4.90 Å². The van der Waals surface area contributed by atoms with Crippen molar-refractivity contribution < 1.29 is 13.2 Å². The van der Waals surface area contributed by atoms with Crippen LogP contribution in [0.3, 0.4) is 0 Å². The second-order valence-corrected chi connectivity index (χ2v) is 4.71. The maximum Gasteiger partial charge on any atom is 0.389 e. The average molecular weight is 275 g/mol. The highest BCUT2D eigenvalue weighted by Crippen LogP contribution is 2.26. The number of benzene rings is 1. The van der Waals surface area contributed by atoms with Gasteiger partial charge in [-0.1, -0.05) is 12.1 Å². The number of hydrogen-bond donors (Lipinski definition) is 2. The van der Waals surface area contributed by atoms with Crippen molar-refractivity contribution in [2.75, 3.05) is 19.0 Å². The number of nitrogens with zero attached hydrogens (tertiary/aromatic N) is 1. The van der Waals surface area contributed by atoms with Crippen LogP contribution in [0.2, 0.25) is 0 Å². The molecule has 0 aliphatic heterocycles. The standard InChI is InChI=1S/C13H20F3N3/c1-19(2)11-7-5-10(6-8-11)12(18-17)4-3-9-13(14,15)16/h5-8,12,18H,3-4,9,17H2,1-2H3. The summed E-state index contributed by atoms with van der Waals surface area (Å²) >= 11 is 0. The van der Waals surface area contributed by atoms with Crippen LogP contribution in [0.4, 0.5) is 18.9 Å². The Kier molecular flexibility index (Phi) is 5.62. The smallest absolute Gasteiger partial charge is 0.378 e. The van der Waals surface area contributed by atoms with Crippen molar-refractivity contribution in [2.24, 2.45) is 5.84 Å². The molecular formula is C13H20F3N3. The van der Waals surface area contributed by atoms with Crippen LogP contribution < -0.4 is 16.2 Å². The highest BCUT2D eigenvalue weighted by molar-refractivity contribution is 5.46. The van der Waals surface area contributed by atoms with Crippen LogP contribution in [0.1, 0.15) is 30.9 Å². The molecule has 0 radical (unpaired) electrons. The zero-order valence-electron chi connectivity index (χ0n) is 11.2. The molecule has 0 heterocycles. The zero-order chi connectivity index (χ0) is 14.5. The lowest BCUT2D eigenvalue weighted by molar-refractivity contribution is -0.135. The molecule has 0 saturated carbocycles. The Morgan fingerprint density at radius 1 is 1.21 bits per heavy atom. The molecule has 1 aromatic carbocycles. The second kappa shape index (κ2) is 6.77. The van der Waals surface area contributed by atoms with Gasteiger partial charge in [-0.2, -0.15) is 13.2 Å². The third-order valence-electron chi connectivity index (χ3n) is 2.97. The highest BCUT2D eigenvalue weighted by Gasteiger charge is 2.26. The molecule has 0 bridgehead atoms. The minimum absolute atomic E-state index is 0.0633. The molecule has 19 heavy (non-hydrogen) atoms. The van der Waals surface area contributed by atoms with E-state index in [9.17, 15) is 13.2 Å². The molecule has 1 rings (SSSR count). The van der Waals surface area contributed by atoms with Crippen LogP contribution in [0.5, 0.6) is 0 Å². The topological polar surface area (TPSA) is 41.3 Å². The van der Waals surface area contributed by atoms with Gasteiger partial charge in [-0.25, -0.2) is 0 Å². The fourth-order valence-electron chi connectivity index (χ4n) is 1.86. The molecule has 6 heteroatoms. The predicted molar refractivity (Wildman–Crippen MR) is 70.7 cm³/mol. The van der Waals surface area contributed by atoms with Crippen molar-refractivity contribution >= 4 is 5.69 Å². The maximum absolute atomic E-state index is 12.1. The summed E-state index contributed by atoms with van der Waals surface area (Å²) < 4.78 is 36.3. The zero-order valence-corrected chi connectivity index (χ0v) is 11.2. The lowest BCUT2D eigenvalue weighted by atomic mass is 10.0. The van der Waals surface area contributed by atoms with Crippen molar-refractivity contribution in [1.29, 1.82) is 0 Å². The summed E-state index contributed by atoms with van der Waals surface area (Å²) in [5.41, 5.74) is 4.51. The number of hydrazine groups is 1. The predicted octanol–water partition coefficient (Wildman–Crippen LogP) is 2.99. The van der Waals surface area contributed by atoms with E-state index in [0.29, 0.717) is 6.42 Å². The average Bonchev–Trinajstić information content (AvgIpc) is 2.33. The van der Waals surface area contributed by atoms with Gasteiger partial charge in [-0.3, -0.25) is 11.3 Å². The summed E-state index contributed by atoms with van der Waals surface area (Å²) in [6, 6.07) is 7.35. The first-order chi connectivity index (χ1) is 8.83. The van der Waals surface area contributed by atoms with Crippen molar-refractivity contribution in [3.8, 4) is 0 Å². The van der Waals surface area contributed by atoms with Gasteiger partial charge in [-0.15, -0.1) is 0 Å². The molecule has 0 aromatic heterocycles. The Bertz CT molecular complexity index is 374. The fourth-order valence-corrected chi connectivity index (χ4v) is 1.86. The number of alkyl halides is 3. The molecule has 0 aliphatic carbocycles. The van der Waals surface area contributed by atoms with Gasteiger partial charge in [0, 0.05) is 32.2 Å². The van der Waals surface area contributed by atoms with E-state index >= 15 is 0 Å². The summed E-state index contributed by atoms with van der Waals surface area (Å²) in [5.74, 6) is 5.41. The molecular weight excluding hydrogens is 255 g/mol. The van der Waals surface area contributed by atoms with Crippen LogP contribution in [-0.4, -0.2) is 20.3 Å². The molecule has 0 amide bonds. The molecule has 108 valence electrons. The van der Waals surface area contributed by atoms with Gasteiger partial charge in [0.25, 0.3) is 0 Å². The first kappa shape index (κ1) is 15.8. The summed E-state index contributed by atoms with van der Waals surface area (Å²) in [4.78, 5) is 1.96. The minimum atomic E-state index is -4.10. The normalized spacial score (nSPS) is 13.4. The third-order valence-corrected chi connectivity index (χ3v) is 2.97. The Morgan fingerprint density at radius 2 is 1.79 bits per heavy atom. The summed E-state index contributed by atoms with van der Waals surface area (Å²) in [6.45, 7) is 0. The molecule has 1 aromatic rings. The minimum Gasteiger partial charge on any atom is -0.378 e. The number of anilines is 1. The van der Waals surface area contributed by atoms with E-state index in [4.69, 9.17) is 5.84 Å². The van der Waals surface area contributed by atoms with E-state index in [1.165, 1.54) is 0 Å². The monoisotopic (exact) mass is 275 g/mol. The number of halogens is 3. The summed E-state index contributed by atoms with van der Waals surface area (Å²) in [6.07, 6.45) is -4.46. The lowest BCUT2D eigenvalue weighted by Gasteiger charge is -2.18. The van der Waals surface area contributed by atoms with Crippen molar-refractivity contribution in [3.63, 3.8) is 0 Å². The van der Waals surface area contributed by atoms with E-state index in [2.05, 4.69) is 5.43 Å². The van der Waals surface area contributed by atoms with E-state index in [1.54, 1.807) is 0 Å². The van der Waals surface area contributed by atoms with E-state index in [-0.39, 0.29) is 12.5 Å². The van der Waals surface area contributed by atoms with Gasteiger partial charge in [0.2, 0.25) is 0 Å². The van der Waals surface area contributed by atoms with Crippen LogP contribution in [0, 0.1) is 0 Å². The molecule has 0 spiro atoms. The van der Waals surface area contributed by atoms with Crippen LogP contribution in [0.25, 0.3) is 0 Å². The molecule has 0 aliphatic rings. The van der Waals surface area contributed by atoms with Crippen molar-refractivity contribution in [3.05, 3.63) is 29.8 Å². The van der Waals surface area contributed by atoms with E-state index < -0.39 is 12.6 Å².